The molecule has 0 radical (unpaired) electrons. The highest BCUT2D eigenvalue weighted by atomic mass is 35.5. The minimum atomic E-state index is -0.498. The number of halogens is 1. The van der Waals surface area contributed by atoms with Gasteiger partial charge in [-0.3, -0.25) is 14.9 Å². The summed E-state index contributed by atoms with van der Waals surface area (Å²) in [7, 11) is 0. The summed E-state index contributed by atoms with van der Waals surface area (Å²) in [6.45, 7) is 1.72. The maximum absolute atomic E-state index is 12.0. The first-order chi connectivity index (χ1) is 9.45. The van der Waals surface area contributed by atoms with Gasteiger partial charge in [-0.25, -0.2) is 0 Å². The van der Waals surface area contributed by atoms with E-state index in [1.54, 1.807) is 31.2 Å². The van der Waals surface area contributed by atoms with Gasteiger partial charge in [0.05, 0.1) is 4.92 Å². The van der Waals surface area contributed by atoms with Crippen LogP contribution in [0.4, 0.5) is 11.4 Å². The average molecular weight is 291 g/mol. The molecule has 0 aliphatic rings. The third-order valence-electron chi connectivity index (χ3n) is 2.62. The molecule has 0 bridgehead atoms. The molecular weight excluding hydrogens is 280 g/mol. The van der Waals surface area contributed by atoms with Gasteiger partial charge in [0.1, 0.15) is 0 Å². The van der Waals surface area contributed by atoms with Crippen LogP contribution in [-0.4, -0.2) is 10.8 Å². The van der Waals surface area contributed by atoms with E-state index in [4.69, 9.17) is 11.6 Å². The van der Waals surface area contributed by atoms with Gasteiger partial charge in [-0.2, -0.15) is 0 Å². The minimum Gasteiger partial charge on any atom is -0.322 e. The molecule has 0 aliphatic carbocycles. The van der Waals surface area contributed by atoms with Crippen molar-refractivity contribution in [3.63, 3.8) is 0 Å². The number of non-ortho nitro benzene ring substituents is 1. The quantitative estimate of drug-likeness (QED) is 0.690. The van der Waals surface area contributed by atoms with Crippen LogP contribution >= 0.6 is 11.6 Å². The van der Waals surface area contributed by atoms with Crippen molar-refractivity contribution in [2.75, 3.05) is 5.32 Å². The molecule has 2 aromatic rings. The van der Waals surface area contributed by atoms with Crippen molar-refractivity contribution in [2.45, 2.75) is 6.92 Å². The topological polar surface area (TPSA) is 72.2 Å². The molecule has 1 N–H and O–H groups in total. The fraction of sp³-hybridized carbons (Fsp3) is 0.0714. The van der Waals surface area contributed by atoms with Gasteiger partial charge in [-0.1, -0.05) is 17.7 Å². The Morgan fingerprint density at radius 1 is 1.25 bits per heavy atom. The number of aryl methyl sites for hydroxylation is 1. The van der Waals surface area contributed by atoms with Crippen LogP contribution in [0.5, 0.6) is 0 Å². The molecule has 0 aliphatic heterocycles. The number of rotatable bonds is 3. The first-order valence-corrected chi connectivity index (χ1v) is 6.16. The number of amides is 1. The Morgan fingerprint density at radius 3 is 2.65 bits per heavy atom. The van der Waals surface area contributed by atoms with Crippen LogP contribution in [0.2, 0.25) is 5.02 Å². The average Bonchev–Trinajstić information content (AvgIpc) is 2.37. The van der Waals surface area contributed by atoms with E-state index < -0.39 is 4.92 Å². The molecule has 1 amide bonds. The van der Waals surface area contributed by atoms with Crippen LogP contribution in [0, 0.1) is 17.0 Å². The van der Waals surface area contributed by atoms with Gasteiger partial charge >= 0.3 is 0 Å². The Morgan fingerprint density at radius 2 is 2.00 bits per heavy atom. The minimum absolute atomic E-state index is 0.0635. The van der Waals surface area contributed by atoms with E-state index in [0.717, 1.165) is 0 Å². The highest BCUT2D eigenvalue weighted by Gasteiger charge is 2.11. The molecule has 6 heteroatoms. The summed E-state index contributed by atoms with van der Waals surface area (Å²) in [6, 6.07) is 10.9. The fourth-order valence-corrected chi connectivity index (χ4v) is 1.96. The van der Waals surface area contributed by atoms with Gasteiger partial charge in [0.15, 0.2) is 0 Å². The summed E-state index contributed by atoms with van der Waals surface area (Å²) in [5.74, 6) is -0.368. The zero-order chi connectivity index (χ0) is 14.7. The smallest absolute Gasteiger partial charge is 0.271 e. The summed E-state index contributed by atoms with van der Waals surface area (Å²) >= 11 is 5.81. The molecule has 0 unspecified atom stereocenters. The number of nitro groups is 1. The molecule has 2 aromatic carbocycles. The SMILES string of the molecule is Cc1cc(NC(=O)c2cccc(Cl)c2)cc([N+](=O)[O-])c1. The molecule has 5 nitrogen and oxygen atoms in total. The lowest BCUT2D eigenvalue weighted by atomic mass is 10.1. The molecule has 0 atom stereocenters. The number of benzene rings is 2. The first-order valence-electron chi connectivity index (χ1n) is 5.79. The van der Waals surface area contributed by atoms with Gasteiger partial charge in [-0.15, -0.1) is 0 Å². The summed E-state index contributed by atoms with van der Waals surface area (Å²) in [6.07, 6.45) is 0. The molecule has 0 saturated heterocycles. The van der Waals surface area contributed by atoms with E-state index in [9.17, 15) is 14.9 Å². The van der Waals surface area contributed by atoms with E-state index in [1.807, 2.05) is 0 Å². The molecule has 2 rings (SSSR count). The number of nitrogens with zero attached hydrogens (tertiary/aromatic N) is 1. The van der Waals surface area contributed by atoms with Crippen molar-refractivity contribution in [2.24, 2.45) is 0 Å². The molecule has 0 spiro atoms. The van der Waals surface area contributed by atoms with Gasteiger partial charge < -0.3 is 5.32 Å². The van der Waals surface area contributed by atoms with Crippen molar-refractivity contribution in [3.05, 3.63) is 68.7 Å². The van der Waals surface area contributed by atoms with Crippen molar-refractivity contribution in [3.8, 4) is 0 Å². The zero-order valence-electron chi connectivity index (χ0n) is 10.6. The third kappa shape index (κ3) is 3.33. The van der Waals surface area contributed by atoms with E-state index >= 15 is 0 Å². The number of hydrogen-bond acceptors (Lipinski definition) is 3. The Kier molecular flexibility index (Phi) is 4.00. The second kappa shape index (κ2) is 5.71. The second-order valence-corrected chi connectivity index (χ2v) is 4.72. The van der Waals surface area contributed by atoms with E-state index in [2.05, 4.69) is 5.32 Å². The maximum Gasteiger partial charge on any atom is 0.271 e. The van der Waals surface area contributed by atoms with Crippen LogP contribution in [0.25, 0.3) is 0 Å². The molecular formula is C14H11ClN2O3. The van der Waals surface area contributed by atoms with Crippen molar-refractivity contribution < 1.29 is 9.72 Å². The highest BCUT2D eigenvalue weighted by Crippen LogP contribution is 2.21. The predicted molar refractivity (Wildman–Crippen MR) is 77.2 cm³/mol. The Balaban J connectivity index is 2.26. The summed E-state index contributed by atoms with van der Waals surface area (Å²) in [5.41, 5.74) is 1.40. The van der Waals surface area contributed by atoms with Gasteiger partial charge in [0.2, 0.25) is 0 Å². The van der Waals surface area contributed by atoms with Crippen LogP contribution in [-0.2, 0) is 0 Å². The Labute approximate surface area is 120 Å². The van der Waals surface area contributed by atoms with Gasteiger partial charge in [-0.05, 0) is 36.8 Å². The predicted octanol–water partition coefficient (Wildman–Crippen LogP) is 3.81. The molecule has 0 fully saturated rings. The fourth-order valence-electron chi connectivity index (χ4n) is 1.77. The summed E-state index contributed by atoms with van der Waals surface area (Å²) in [5, 5.41) is 13.9. The molecule has 102 valence electrons. The standard InChI is InChI=1S/C14H11ClN2O3/c1-9-5-12(8-13(6-9)17(19)20)16-14(18)10-3-2-4-11(15)7-10/h2-8H,1H3,(H,16,18). The van der Waals surface area contributed by atoms with Gasteiger partial charge in [0, 0.05) is 28.4 Å². The lowest BCUT2D eigenvalue weighted by molar-refractivity contribution is -0.384. The molecule has 0 aromatic heterocycles. The monoisotopic (exact) mass is 290 g/mol. The highest BCUT2D eigenvalue weighted by molar-refractivity contribution is 6.31. The number of nitro benzene ring substituents is 1. The molecule has 0 heterocycles. The van der Waals surface area contributed by atoms with Crippen LogP contribution < -0.4 is 5.32 Å². The van der Waals surface area contributed by atoms with E-state index in [0.29, 0.717) is 21.8 Å². The van der Waals surface area contributed by atoms with Crippen molar-refractivity contribution >= 4 is 28.9 Å². The largest absolute Gasteiger partial charge is 0.322 e. The van der Waals surface area contributed by atoms with Crippen LogP contribution in [0.3, 0.4) is 0 Å². The van der Waals surface area contributed by atoms with E-state index in [-0.39, 0.29) is 11.6 Å². The van der Waals surface area contributed by atoms with Crippen LogP contribution in [0.15, 0.2) is 42.5 Å². The summed E-state index contributed by atoms with van der Waals surface area (Å²) in [4.78, 5) is 22.3. The van der Waals surface area contributed by atoms with Crippen LogP contribution in [0.1, 0.15) is 15.9 Å². The lowest BCUT2D eigenvalue weighted by Crippen LogP contribution is -2.12. The zero-order valence-corrected chi connectivity index (χ0v) is 11.3. The summed E-state index contributed by atoms with van der Waals surface area (Å²) < 4.78 is 0. The normalized spacial score (nSPS) is 10.1. The number of nitrogens with one attached hydrogen (secondary N) is 1. The van der Waals surface area contributed by atoms with Crippen molar-refractivity contribution in [1.29, 1.82) is 0 Å². The third-order valence-corrected chi connectivity index (χ3v) is 2.85. The second-order valence-electron chi connectivity index (χ2n) is 4.28. The molecule has 0 saturated carbocycles. The Bertz CT molecular complexity index is 686. The number of carbonyl (C=O) groups is 1. The molecule has 20 heavy (non-hydrogen) atoms. The van der Waals surface area contributed by atoms with Crippen molar-refractivity contribution in [1.82, 2.24) is 0 Å². The number of carbonyl (C=O) groups excluding carboxylic acids is 1. The number of hydrogen-bond donors (Lipinski definition) is 1. The van der Waals surface area contributed by atoms with Gasteiger partial charge in [0.25, 0.3) is 11.6 Å². The van der Waals surface area contributed by atoms with E-state index in [1.165, 1.54) is 18.2 Å². The lowest BCUT2D eigenvalue weighted by Gasteiger charge is -2.06. The number of anilines is 1. The Hall–Kier alpha value is -2.40. The maximum atomic E-state index is 12.0. The first kappa shape index (κ1) is 14.0.